The molecule has 1 nitrogen and oxygen atoms in total. The predicted octanol–water partition coefficient (Wildman–Crippen LogP) is 7.35. The molecule has 1 aliphatic rings. The van der Waals surface area contributed by atoms with Gasteiger partial charge in [0.25, 0.3) is 0 Å². The van der Waals surface area contributed by atoms with Crippen molar-refractivity contribution in [2.45, 2.75) is 83.4 Å². The molecule has 24 heavy (non-hydrogen) atoms. The van der Waals surface area contributed by atoms with E-state index in [2.05, 4.69) is 38.4 Å². The van der Waals surface area contributed by atoms with Crippen LogP contribution in [0.3, 0.4) is 0 Å². The van der Waals surface area contributed by atoms with Crippen LogP contribution in [0.5, 0.6) is 0 Å². The van der Waals surface area contributed by atoms with E-state index in [1.807, 2.05) is 30.0 Å². The lowest BCUT2D eigenvalue weighted by atomic mass is 9.94. The lowest BCUT2D eigenvalue weighted by Crippen LogP contribution is -2.29. The van der Waals surface area contributed by atoms with Crippen molar-refractivity contribution in [2.75, 3.05) is 0 Å². The molecule has 136 valence electrons. The van der Waals surface area contributed by atoms with Gasteiger partial charge in [0.1, 0.15) is 0 Å². The van der Waals surface area contributed by atoms with Crippen molar-refractivity contribution in [2.24, 2.45) is 5.92 Å². The van der Waals surface area contributed by atoms with E-state index < -0.39 is 0 Å². The van der Waals surface area contributed by atoms with Gasteiger partial charge in [-0.15, -0.1) is 0 Å². The zero-order valence-corrected chi connectivity index (χ0v) is 16.7. The predicted molar refractivity (Wildman–Crippen MR) is 112 cm³/mol. The van der Waals surface area contributed by atoms with Gasteiger partial charge in [-0.25, -0.2) is 0 Å². The first-order valence-electron chi connectivity index (χ1n) is 9.85. The van der Waals surface area contributed by atoms with Crippen molar-refractivity contribution in [3.8, 4) is 0 Å². The summed E-state index contributed by atoms with van der Waals surface area (Å²) in [5, 5.41) is 4.25. The Bertz CT molecular complexity index is 410. The maximum absolute atomic E-state index is 3.99. The van der Waals surface area contributed by atoms with Crippen LogP contribution in [0.2, 0.25) is 0 Å². The maximum Gasteiger partial charge on any atom is 0.0798 e. The Hall–Kier alpha value is -0.890. The Labute approximate surface area is 154 Å². The number of hydrogen-bond acceptors (Lipinski definition) is 2. The van der Waals surface area contributed by atoms with Crippen molar-refractivity contribution in [1.29, 1.82) is 0 Å². The van der Waals surface area contributed by atoms with Gasteiger partial charge in [0.05, 0.1) is 5.37 Å². The SMILES string of the molecule is C=C/C=C\C1=C(C=C)SC(C(CCCCCC)CCCCCC)N1. The minimum atomic E-state index is 0.505. The molecule has 1 N–H and O–H groups in total. The van der Waals surface area contributed by atoms with Crippen molar-refractivity contribution in [3.63, 3.8) is 0 Å². The molecule has 0 aliphatic carbocycles. The lowest BCUT2D eigenvalue weighted by Gasteiger charge is -2.24. The Morgan fingerprint density at radius 2 is 1.62 bits per heavy atom. The molecular weight excluding hydrogens is 310 g/mol. The van der Waals surface area contributed by atoms with Crippen LogP contribution in [-0.2, 0) is 0 Å². The number of unbranched alkanes of at least 4 members (excludes halogenated alkanes) is 6. The van der Waals surface area contributed by atoms with Crippen molar-refractivity contribution >= 4 is 11.8 Å². The summed E-state index contributed by atoms with van der Waals surface area (Å²) >= 11 is 1.97. The molecule has 0 aromatic carbocycles. The van der Waals surface area contributed by atoms with Gasteiger partial charge in [-0.3, -0.25) is 0 Å². The van der Waals surface area contributed by atoms with E-state index in [-0.39, 0.29) is 0 Å². The van der Waals surface area contributed by atoms with Crippen LogP contribution in [0, 0.1) is 5.92 Å². The molecule has 1 heterocycles. The Balaban J connectivity index is 2.59. The first kappa shape index (κ1) is 21.2. The molecule has 0 aromatic rings. The van der Waals surface area contributed by atoms with Gasteiger partial charge in [0, 0.05) is 10.6 Å². The summed E-state index contributed by atoms with van der Waals surface area (Å²) in [6, 6.07) is 0. The van der Waals surface area contributed by atoms with Gasteiger partial charge in [-0.1, -0.05) is 108 Å². The molecule has 1 unspecified atom stereocenters. The Kier molecular flexibility index (Phi) is 11.8. The second kappa shape index (κ2) is 13.4. The smallest absolute Gasteiger partial charge is 0.0798 e. The highest BCUT2D eigenvalue weighted by Crippen LogP contribution is 2.38. The first-order chi connectivity index (χ1) is 11.8. The van der Waals surface area contributed by atoms with Crippen LogP contribution >= 0.6 is 11.8 Å². The van der Waals surface area contributed by atoms with E-state index in [0.29, 0.717) is 5.37 Å². The topological polar surface area (TPSA) is 12.0 Å². The van der Waals surface area contributed by atoms with Crippen LogP contribution in [0.15, 0.2) is 48.1 Å². The summed E-state index contributed by atoms with van der Waals surface area (Å²) in [6.07, 6.45) is 21.5. The molecule has 0 saturated heterocycles. The van der Waals surface area contributed by atoms with Crippen LogP contribution in [0.4, 0.5) is 0 Å². The fourth-order valence-corrected chi connectivity index (χ4v) is 4.51. The summed E-state index contributed by atoms with van der Waals surface area (Å²) in [7, 11) is 0. The number of hydrogen-bond donors (Lipinski definition) is 1. The van der Waals surface area contributed by atoms with Gasteiger partial charge >= 0.3 is 0 Å². The minimum Gasteiger partial charge on any atom is -0.372 e. The van der Waals surface area contributed by atoms with Gasteiger partial charge < -0.3 is 5.32 Å². The van der Waals surface area contributed by atoms with E-state index in [9.17, 15) is 0 Å². The average molecular weight is 348 g/mol. The van der Waals surface area contributed by atoms with Gasteiger partial charge in [-0.05, 0) is 24.8 Å². The number of nitrogens with one attached hydrogen (secondary N) is 1. The van der Waals surface area contributed by atoms with Crippen LogP contribution < -0.4 is 5.32 Å². The highest BCUT2D eigenvalue weighted by Gasteiger charge is 2.28. The summed E-state index contributed by atoms with van der Waals surface area (Å²) in [5.41, 5.74) is 1.21. The Morgan fingerprint density at radius 3 is 2.12 bits per heavy atom. The van der Waals surface area contributed by atoms with Crippen molar-refractivity contribution < 1.29 is 0 Å². The third-order valence-electron chi connectivity index (χ3n) is 4.69. The van der Waals surface area contributed by atoms with E-state index in [1.54, 1.807) is 0 Å². The number of rotatable bonds is 14. The zero-order valence-electron chi connectivity index (χ0n) is 15.9. The minimum absolute atomic E-state index is 0.505. The first-order valence-corrected chi connectivity index (χ1v) is 10.7. The standard InChI is InChI=1S/C22H37NS/c1-5-9-12-14-16-19(17-15-13-10-6-2)22-23-20(18-11-7-3)21(8-4)24-22/h7-8,11,18-19,22-23H,3-6,9-10,12-17H2,1-2H3/b18-11-. The normalized spacial score (nSPS) is 17.7. The van der Waals surface area contributed by atoms with E-state index in [4.69, 9.17) is 0 Å². The Morgan fingerprint density at radius 1 is 1.00 bits per heavy atom. The molecule has 0 amide bonds. The highest BCUT2D eigenvalue weighted by molar-refractivity contribution is 8.04. The fourth-order valence-electron chi connectivity index (χ4n) is 3.23. The monoisotopic (exact) mass is 347 g/mol. The third kappa shape index (κ3) is 7.79. The summed E-state index contributed by atoms with van der Waals surface area (Å²) < 4.78 is 0. The van der Waals surface area contributed by atoms with Crippen molar-refractivity contribution in [1.82, 2.24) is 5.32 Å². The quantitative estimate of drug-likeness (QED) is 0.260. The number of thioether (sulfide) groups is 1. The van der Waals surface area contributed by atoms with Gasteiger partial charge in [0.2, 0.25) is 0 Å². The molecule has 0 aromatic heterocycles. The van der Waals surface area contributed by atoms with Crippen molar-refractivity contribution in [3.05, 3.63) is 48.1 Å². The molecular formula is C22H37NS. The number of allylic oxidation sites excluding steroid dienone is 4. The molecule has 0 bridgehead atoms. The molecule has 0 spiro atoms. The second-order valence-corrected chi connectivity index (χ2v) is 7.90. The van der Waals surface area contributed by atoms with E-state index in [0.717, 1.165) is 5.92 Å². The third-order valence-corrected chi connectivity index (χ3v) is 6.08. The van der Waals surface area contributed by atoms with Gasteiger partial charge in [-0.2, -0.15) is 0 Å². The molecule has 1 aliphatic heterocycles. The molecule has 0 saturated carbocycles. The summed E-state index contributed by atoms with van der Waals surface area (Å²) in [5.74, 6) is 0.758. The fraction of sp³-hybridized carbons (Fsp3) is 0.636. The average Bonchev–Trinajstić information content (AvgIpc) is 3.01. The molecule has 2 heteroatoms. The summed E-state index contributed by atoms with van der Waals surface area (Å²) in [4.78, 5) is 1.28. The second-order valence-electron chi connectivity index (χ2n) is 6.72. The van der Waals surface area contributed by atoms with E-state index in [1.165, 1.54) is 74.8 Å². The zero-order chi connectivity index (χ0) is 17.6. The summed E-state index contributed by atoms with van der Waals surface area (Å²) in [6.45, 7) is 12.3. The van der Waals surface area contributed by atoms with Gasteiger partial charge in [0.15, 0.2) is 0 Å². The molecule has 1 rings (SSSR count). The maximum atomic E-state index is 3.99. The lowest BCUT2D eigenvalue weighted by molar-refractivity contribution is 0.379. The van der Waals surface area contributed by atoms with Crippen LogP contribution in [0.1, 0.15) is 78.1 Å². The molecule has 0 radical (unpaired) electrons. The molecule has 0 fully saturated rings. The van der Waals surface area contributed by atoms with Crippen LogP contribution in [0.25, 0.3) is 0 Å². The largest absolute Gasteiger partial charge is 0.372 e. The van der Waals surface area contributed by atoms with E-state index >= 15 is 0 Å². The highest BCUT2D eigenvalue weighted by atomic mass is 32.2. The van der Waals surface area contributed by atoms with Crippen LogP contribution in [-0.4, -0.2) is 5.37 Å². The molecule has 1 atom stereocenters.